The lowest BCUT2D eigenvalue weighted by Crippen LogP contribution is -2.40. The number of benzene rings is 1. The first-order valence-electron chi connectivity index (χ1n) is 8.74. The maximum Gasteiger partial charge on any atom is 0.317 e. The summed E-state index contributed by atoms with van der Waals surface area (Å²) in [6.07, 6.45) is 0. The molecule has 0 aliphatic heterocycles. The minimum Gasteiger partial charge on any atom is -0.465 e. The van der Waals surface area contributed by atoms with Crippen LogP contribution in [0.4, 0.5) is 5.69 Å². The van der Waals surface area contributed by atoms with Gasteiger partial charge in [0.25, 0.3) is 5.69 Å². The van der Waals surface area contributed by atoms with Crippen molar-refractivity contribution < 1.29 is 33.6 Å². The van der Waals surface area contributed by atoms with Crippen molar-refractivity contribution in [3.8, 4) is 0 Å². The fraction of sp³-hybridized carbons (Fsp3) is 0.474. The maximum absolute atomic E-state index is 12.5. The number of nitro benzene ring substituents is 1. The average molecular weight is 393 g/mol. The fourth-order valence-corrected chi connectivity index (χ4v) is 2.99. The Labute approximate surface area is 162 Å². The molecule has 0 aromatic heterocycles. The molecule has 0 spiro atoms. The van der Waals surface area contributed by atoms with Crippen LogP contribution in [0.3, 0.4) is 0 Å². The molecule has 0 saturated carbocycles. The summed E-state index contributed by atoms with van der Waals surface area (Å²) in [5.74, 6) is -7.06. The summed E-state index contributed by atoms with van der Waals surface area (Å²) in [7, 11) is 0. The third-order valence-corrected chi connectivity index (χ3v) is 4.16. The Morgan fingerprint density at radius 3 is 1.57 bits per heavy atom. The molecule has 0 heterocycles. The van der Waals surface area contributed by atoms with E-state index in [4.69, 9.17) is 9.47 Å². The summed E-state index contributed by atoms with van der Waals surface area (Å²) >= 11 is 0. The predicted molar refractivity (Wildman–Crippen MR) is 97.4 cm³/mol. The number of carbonyl (C=O) groups is 4. The minimum atomic E-state index is -1.44. The Bertz CT molecular complexity index is 720. The van der Waals surface area contributed by atoms with Crippen LogP contribution in [0.2, 0.25) is 0 Å². The highest BCUT2D eigenvalue weighted by Crippen LogP contribution is 2.36. The summed E-state index contributed by atoms with van der Waals surface area (Å²) in [4.78, 5) is 59.8. The van der Waals surface area contributed by atoms with Gasteiger partial charge in [0.2, 0.25) is 0 Å². The first kappa shape index (κ1) is 22.9. The molecule has 0 saturated heterocycles. The molecule has 1 rings (SSSR count). The smallest absolute Gasteiger partial charge is 0.317 e. The van der Waals surface area contributed by atoms with E-state index < -0.39 is 46.2 Å². The van der Waals surface area contributed by atoms with E-state index in [1.54, 1.807) is 13.8 Å². The molecule has 0 aliphatic rings. The number of nitro groups is 1. The van der Waals surface area contributed by atoms with Crippen LogP contribution in [0, 0.1) is 22.0 Å². The van der Waals surface area contributed by atoms with Gasteiger partial charge in [-0.3, -0.25) is 29.3 Å². The maximum atomic E-state index is 12.5. The number of ether oxygens (including phenoxy) is 2. The number of hydrogen-bond acceptors (Lipinski definition) is 8. The summed E-state index contributed by atoms with van der Waals surface area (Å²) in [5.41, 5.74) is 0.0284. The van der Waals surface area contributed by atoms with E-state index in [0.29, 0.717) is 0 Å². The van der Waals surface area contributed by atoms with Gasteiger partial charge in [0.1, 0.15) is 23.4 Å². The SMILES string of the molecule is CCOC(=O)[C@H](C(C)=O)C(c1ccc([N+](=O)[O-])cc1)[C@@H](C(C)=O)C(=O)OCC. The summed E-state index contributed by atoms with van der Waals surface area (Å²) in [5, 5.41) is 10.9. The number of nitrogens with zero attached hydrogens (tertiary/aromatic N) is 1. The molecular formula is C19H23NO8. The number of carbonyl (C=O) groups excluding carboxylic acids is 4. The van der Waals surface area contributed by atoms with E-state index in [9.17, 15) is 29.3 Å². The zero-order chi connectivity index (χ0) is 21.4. The van der Waals surface area contributed by atoms with Crippen LogP contribution in [-0.2, 0) is 28.7 Å². The van der Waals surface area contributed by atoms with Crippen molar-refractivity contribution in [2.75, 3.05) is 13.2 Å². The molecule has 1 aromatic carbocycles. The van der Waals surface area contributed by atoms with E-state index >= 15 is 0 Å². The highest BCUT2D eigenvalue weighted by molar-refractivity contribution is 6.04. The molecule has 0 aliphatic carbocycles. The average Bonchev–Trinajstić information content (AvgIpc) is 2.61. The molecule has 0 fully saturated rings. The topological polar surface area (TPSA) is 130 Å². The van der Waals surface area contributed by atoms with Gasteiger partial charge >= 0.3 is 11.9 Å². The van der Waals surface area contributed by atoms with Crippen molar-refractivity contribution in [1.82, 2.24) is 0 Å². The van der Waals surface area contributed by atoms with Gasteiger partial charge in [-0.05, 0) is 33.3 Å². The first-order chi connectivity index (χ1) is 13.1. The molecule has 28 heavy (non-hydrogen) atoms. The quantitative estimate of drug-likeness (QED) is 0.256. The van der Waals surface area contributed by atoms with Gasteiger partial charge in [-0.25, -0.2) is 0 Å². The van der Waals surface area contributed by atoms with E-state index in [1.165, 1.54) is 24.3 Å². The lowest BCUT2D eigenvalue weighted by Gasteiger charge is -2.29. The van der Waals surface area contributed by atoms with Crippen LogP contribution in [0.1, 0.15) is 39.2 Å². The van der Waals surface area contributed by atoms with Gasteiger partial charge in [-0.1, -0.05) is 12.1 Å². The number of Topliss-reactive ketones (excluding diaryl/α,β-unsaturated/α-hetero) is 2. The Hall–Kier alpha value is -3.10. The molecule has 0 unspecified atom stereocenters. The zero-order valence-electron chi connectivity index (χ0n) is 16.2. The molecule has 0 amide bonds. The Balaban J connectivity index is 3.60. The molecule has 9 nitrogen and oxygen atoms in total. The molecule has 0 bridgehead atoms. The second-order valence-electron chi connectivity index (χ2n) is 6.06. The van der Waals surface area contributed by atoms with Crippen molar-refractivity contribution in [3.05, 3.63) is 39.9 Å². The Kier molecular flexibility index (Phi) is 8.43. The third-order valence-electron chi connectivity index (χ3n) is 4.16. The second kappa shape index (κ2) is 10.3. The van der Waals surface area contributed by atoms with E-state index in [1.807, 2.05) is 0 Å². The van der Waals surface area contributed by atoms with E-state index in [-0.39, 0.29) is 24.5 Å². The second-order valence-corrected chi connectivity index (χ2v) is 6.06. The van der Waals surface area contributed by atoms with Gasteiger partial charge < -0.3 is 9.47 Å². The van der Waals surface area contributed by atoms with Gasteiger partial charge in [0.05, 0.1) is 18.1 Å². The monoisotopic (exact) mass is 393 g/mol. The Morgan fingerprint density at radius 2 is 1.29 bits per heavy atom. The summed E-state index contributed by atoms with van der Waals surface area (Å²) in [6.45, 7) is 5.43. The van der Waals surface area contributed by atoms with Crippen molar-refractivity contribution in [3.63, 3.8) is 0 Å². The lowest BCUT2D eigenvalue weighted by atomic mass is 9.73. The molecule has 152 valence electrons. The highest BCUT2D eigenvalue weighted by Gasteiger charge is 2.45. The third kappa shape index (κ3) is 5.45. The minimum absolute atomic E-state index is 0.000259. The first-order valence-corrected chi connectivity index (χ1v) is 8.74. The summed E-state index contributed by atoms with van der Waals surface area (Å²) in [6, 6.07) is 4.97. The van der Waals surface area contributed by atoms with Crippen LogP contribution >= 0.6 is 0 Å². The normalized spacial score (nSPS) is 12.8. The number of rotatable bonds is 10. The van der Waals surface area contributed by atoms with Crippen LogP contribution < -0.4 is 0 Å². The van der Waals surface area contributed by atoms with E-state index in [2.05, 4.69) is 0 Å². The molecule has 2 atom stereocenters. The van der Waals surface area contributed by atoms with Crippen molar-refractivity contribution >= 4 is 29.2 Å². The van der Waals surface area contributed by atoms with Gasteiger partial charge in [0, 0.05) is 18.1 Å². The standard InChI is InChI=1S/C19H23NO8/c1-5-27-18(23)15(11(3)21)17(16(12(4)22)19(24)28-6-2)13-7-9-14(10-8-13)20(25)26/h7-10,15-17H,5-6H2,1-4H3/t15-,16-/m1/s1. The van der Waals surface area contributed by atoms with Crippen LogP contribution in [-0.4, -0.2) is 41.6 Å². The van der Waals surface area contributed by atoms with Crippen molar-refractivity contribution in [2.24, 2.45) is 11.8 Å². The zero-order valence-corrected chi connectivity index (χ0v) is 16.2. The number of hydrogen-bond donors (Lipinski definition) is 0. The molecule has 0 radical (unpaired) electrons. The van der Waals surface area contributed by atoms with Gasteiger partial charge in [-0.15, -0.1) is 0 Å². The number of esters is 2. The molecular weight excluding hydrogens is 370 g/mol. The van der Waals surface area contributed by atoms with Crippen molar-refractivity contribution in [1.29, 1.82) is 0 Å². The largest absolute Gasteiger partial charge is 0.465 e. The van der Waals surface area contributed by atoms with E-state index in [0.717, 1.165) is 13.8 Å². The Morgan fingerprint density at radius 1 is 0.893 bits per heavy atom. The number of non-ortho nitro benzene ring substituents is 1. The lowest BCUT2D eigenvalue weighted by molar-refractivity contribution is -0.384. The van der Waals surface area contributed by atoms with Crippen LogP contribution in [0.15, 0.2) is 24.3 Å². The molecule has 0 N–H and O–H groups in total. The predicted octanol–water partition coefficient (Wildman–Crippen LogP) is 2.21. The van der Waals surface area contributed by atoms with Gasteiger partial charge in [0.15, 0.2) is 0 Å². The van der Waals surface area contributed by atoms with Crippen LogP contribution in [0.25, 0.3) is 0 Å². The fourth-order valence-electron chi connectivity index (χ4n) is 2.99. The molecule has 1 aromatic rings. The molecule has 9 heteroatoms. The van der Waals surface area contributed by atoms with Gasteiger partial charge in [-0.2, -0.15) is 0 Å². The highest BCUT2D eigenvalue weighted by atomic mass is 16.6. The van der Waals surface area contributed by atoms with Crippen LogP contribution in [0.5, 0.6) is 0 Å². The summed E-state index contributed by atoms with van der Waals surface area (Å²) < 4.78 is 9.94. The number of ketones is 2. The van der Waals surface area contributed by atoms with Crippen molar-refractivity contribution in [2.45, 2.75) is 33.6 Å².